The van der Waals surface area contributed by atoms with Crippen molar-refractivity contribution >= 4 is 88.9 Å². The van der Waals surface area contributed by atoms with Gasteiger partial charge in [0.2, 0.25) is 11.6 Å². The van der Waals surface area contributed by atoms with Gasteiger partial charge < -0.3 is 10.2 Å². The fourth-order valence-corrected chi connectivity index (χ4v) is 7.27. The van der Waals surface area contributed by atoms with Crippen molar-refractivity contribution in [3.05, 3.63) is 55.4 Å². The van der Waals surface area contributed by atoms with Gasteiger partial charge in [0.25, 0.3) is 5.01 Å². The average molecular weight is 584 g/mol. The minimum Gasteiger partial charge on any atom is -0.481 e. The summed E-state index contributed by atoms with van der Waals surface area (Å²) in [7, 11) is 0. The van der Waals surface area contributed by atoms with Gasteiger partial charge in [-0.05, 0) is 36.0 Å². The maximum absolute atomic E-state index is 11.9. The second-order valence-corrected chi connectivity index (χ2v) is 11.4. The van der Waals surface area contributed by atoms with Crippen LogP contribution in [0.25, 0.3) is 16.3 Å². The summed E-state index contributed by atoms with van der Waals surface area (Å²) in [5.74, 6) is -1.66. The molecule has 2 aromatic carbocycles. The molecule has 0 saturated carbocycles. The summed E-state index contributed by atoms with van der Waals surface area (Å²) >= 11 is 10.2. The van der Waals surface area contributed by atoms with Gasteiger partial charge in [-0.25, -0.2) is 9.28 Å². The van der Waals surface area contributed by atoms with Crippen LogP contribution in [0.15, 0.2) is 55.3 Å². The summed E-state index contributed by atoms with van der Waals surface area (Å²) in [6.45, 7) is 0.861. The van der Waals surface area contributed by atoms with Gasteiger partial charge in [0, 0.05) is 21.1 Å². The molecule has 1 spiro atoms. The SMILES string of the molecule is O=C(O)CC[n+]1c(C=C2Sc3ccc(Br)cc3[N+]23CC3C(=O)O)sc2ccc(Br)cc21. The number of rotatable bonds is 5. The smallest absolute Gasteiger partial charge is 0.369 e. The van der Waals surface area contributed by atoms with E-state index in [0.29, 0.717) is 17.6 Å². The van der Waals surface area contributed by atoms with Crippen molar-refractivity contribution < 1.29 is 24.4 Å². The minimum absolute atomic E-state index is 0.0112. The minimum atomic E-state index is -0.853. The van der Waals surface area contributed by atoms with Gasteiger partial charge >= 0.3 is 11.9 Å². The predicted molar refractivity (Wildman–Crippen MR) is 128 cm³/mol. The van der Waals surface area contributed by atoms with Crippen LogP contribution in [-0.2, 0) is 16.1 Å². The summed E-state index contributed by atoms with van der Waals surface area (Å²) in [6.07, 6.45) is 2.05. The number of carboxylic acids is 2. The largest absolute Gasteiger partial charge is 0.481 e. The normalized spacial score (nSPS) is 22.9. The number of nitrogens with zero attached hydrogens (tertiary/aromatic N) is 2. The molecule has 2 N–H and O–H groups in total. The second kappa shape index (κ2) is 7.70. The molecule has 158 valence electrons. The van der Waals surface area contributed by atoms with Crippen molar-refractivity contribution in [1.29, 1.82) is 0 Å². The Morgan fingerprint density at radius 1 is 1.16 bits per heavy atom. The van der Waals surface area contributed by atoms with Crippen LogP contribution in [-0.4, -0.2) is 34.7 Å². The number of aryl methyl sites for hydroxylation is 1. The Morgan fingerprint density at radius 2 is 1.90 bits per heavy atom. The summed E-state index contributed by atoms with van der Waals surface area (Å²) in [6, 6.07) is 11.5. The molecule has 31 heavy (non-hydrogen) atoms. The molecule has 2 aliphatic heterocycles. The maximum Gasteiger partial charge on any atom is 0.369 e. The van der Waals surface area contributed by atoms with E-state index in [-0.39, 0.29) is 6.42 Å². The van der Waals surface area contributed by atoms with Crippen LogP contribution < -0.4 is 9.05 Å². The topological polar surface area (TPSA) is 78.5 Å². The van der Waals surface area contributed by atoms with Crippen molar-refractivity contribution in [3.63, 3.8) is 0 Å². The summed E-state index contributed by atoms with van der Waals surface area (Å²) < 4.78 is 5.22. The monoisotopic (exact) mass is 582 g/mol. The Bertz CT molecular complexity index is 1310. The number of hydrogen-bond donors (Lipinski definition) is 2. The van der Waals surface area contributed by atoms with Crippen LogP contribution in [0.1, 0.15) is 11.4 Å². The number of hydrogen-bond acceptors (Lipinski definition) is 4. The number of carboxylic acid groups (broad SMARTS) is 2. The molecular weight excluding hydrogens is 568 g/mol. The number of fused-ring (bicyclic) bond motifs is 3. The molecule has 3 aromatic rings. The van der Waals surface area contributed by atoms with Crippen molar-refractivity contribution in [2.45, 2.75) is 23.9 Å². The summed E-state index contributed by atoms with van der Waals surface area (Å²) in [5.41, 5.74) is 1.96. The van der Waals surface area contributed by atoms with Gasteiger partial charge in [0.15, 0.2) is 23.8 Å². The number of aromatic nitrogens is 1. The van der Waals surface area contributed by atoms with Crippen LogP contribution in [0.3, 0.4) is 0 Å². The molecule has 0 radical (unpaired) electrons. The van der Waals surface area contributed by atoms with E-state index >= 15 is 0 Å². The molecule has 2 unspecified atom stereocenters. The fraction of sp³-hybridized carbons (Fsp3) is 0.190. The highest BCUT2D eigenvalue weighted by Crippen LogP contribution is 2.60. The molecule has 2 atom stereocenters. The Morgan fingerprint density at radius 3 is 2.61 bits per heavy atom. The Hall–Kier alpha value is -1.72. The first-order chi connectivity index (χ1) is 14.8. The molecule has 0 amide bonds. The van der Waals surface area contributed by atoms with Gasteiger partial charge in [-0.15, -0.1) is 0 Å². The van der Waals surface area contributed by atoms with Crippen LogP contribution in [0.5, 0.6) is 0 Å². The van der Waals surface area contributed by atoms with Crippen LogP contribution >= 0.6 is 55.0 Å². The van der Waals surface area contributed by atoms with Crippen LogP contribution in [0.4, 0.5) is 5.69 Å². The van der Waals surface area contributed by atoms with Gasteiger partial charge in [0.1, 0.15) is 11.1 Å². The highest BCUT2D eigenvalue weighted by molar-refractivity contribution is 9.10. The first-order valence-corrected chi connectivity index (χ1v) is 12.7. The number of thioether (sulfide) groups is 1. The zero-order valence-corrected chi connectivity index (χ0v) is 20.7. The van der Waals surface area contributed by atoms with Gasteiger partial charge in [-0.2, -0.15) is 4.57 Å². The summed E-state index contributed by atoms with van der Waals surface area (Å²) in [5, 5.41) is 20.9. The lowest BCUT2D eigenvalue weighted by Gasteiger charge is -2.13. The molecule has 0 aliphatic carbocycles. The quantitative estimate of drug-likeness (QED) is 0.249. The molecular formula is C21H16Br2N2O4S2+2. The Balaban J connectivity index is 1.66. The number of quaternary nitrogens is 1. The van der Waals surface area contributed by atoms with E-state index in [1.807, 2.05) is 47.0 Å². The third kappa shape index (κ3) is 3.54. The summed E-state index contributed by atoms with van der Waals surface area (Å²) in [4.78, 5) is 24.2. The molecule has 1 fully saturated rings. The van der Waals surface area contributed by atoms with E-state index in [4.69, 9.17) is 0 Å². The number of halogens is 2. The molecule has 1 saturated heterocycles. The Kier molecular flexibility index (Phi) is 5.25. The van der Waals surface area contributed by atoms with E-state index in [9.17, 15) is 19.8 Å². The molecule has 3 heterocycles. The van der Waals surface area contributed by atoms with Crippen molar-refractivity contribution in [3.8, 4) is 0 Å². The molecule has 2 aliphatic rings. The fourth-order valence-electron chi connectivity index (χ4n) is 4.07. The lowest BCUT2D eigenvalue weighted by molar-refractivity contribution is -0.667. The second-order valence-electron chi connectivity index (χ2n) is 7.45. The van der Waals surface area contributed by atoms with Crippen LogP contribution in [0, 0.1) is 0 Å². The van der Waals surface area contributed by atoms with Crippen LogP contribution in [0.2, 0.25) is 0 Å². The average Bonchev–Trinajstić information content (AvgIpc) is 3.29. The molecule has 6 nitrogen and oxygen atoms in total. The van der Waals surface area contributed by atoms with E-state index in [2.05, 4.69) is 31.9 Å². The van der Waals surface area contributed by atoms with E-state index < -0.39 is 18.0 Å². The zero-order chi connectivity index (χ0) is 21.9. The first-order valence-electron chi connectivity index (χ1n) is 9.44. The molecule has 10 heteroatoms. The predicted octanol–water partition coefficient (Wildman–Crippen LogP) is 5.07. The first kappa shape index (κ1) is 21.1. The standard InChI is InChI=1S/C21H14Br2N2O4S2/c22-11-1-3-16-13(7-11)24(6-5-20(26)27)18(30-16)9-19-25(10-15(25)21(28)29)14-8-12(23)2-4-17(14)31-19/h1-4,7-9,15H,5-6,10H2/p+2. The zero-order valence-electron chi connectivity index (χ0n) is 15.9. The number of carbonyl (C=O) groups is 2. The Labute approximate surface area is 202 Å². The van der Waals surface area contributed by atoms with Crippen molar-refractivity contribution in [1.82, 2.24) is 4.48 Å². The van der Waals surface area contributed by atoms with Gasteiger partial charge in [-0.1, -0.05) is 43.2 Å². The van der Waals surface area contributed by atoms with E-state index in [1.165, 1.54) is 0 Å². The lowest BCUT2D eigenvalue weighted by atomic mass is 10.3. The van der Waals surface area contributed by atoms with E-state index in [1.54, 1.807) is 23.1 Å². The molecule has 5 rings (SSSR count). The van der Waals surface area contributed by atoms with Crippen molar-refractivity contribution in [2.24, 2.45) is 0 Å². The third-order valence-corrected chi connectivity index (χ3v) is 8.91. The number of aliphatic carboxylic acids is 2. The van der Waals surface area contributed by atoms with Gasteiger partial charge in [0.05, 0.1) is 11.0 Å². The number of thiazole rings is 1. The molecule has 0 bridgehead atoms. The van der Waals surface area contributed by atoms with Gasteiger partial charge in [-0.3, -0.25) is 4.79 Å². The van der Waals surface area contributed by atoms with Crippen molar-refractivity contribution in [2.75, 3.05) is 6.54 Å². The molecule has 1 aromatic heterocycles. The third-order valence-electron chi connectivity index (χ3n) is 5.59. The number of benzene rings is 2. The lowest BCUT2D eigenvalue weighted by Crippen LogP contribution is -2.36. The highest BCUT2D eigenvalue weighted by Gasteiger charge is 2.68. The maximum atomic E-state index is 11.9. The van der Waals surface area contributed by atoms with E-state index in [0.717, 1.165) is 39.8 Å². The highest BCUT2D eigenvalue weighted by atomic mass is 79.9.